The zero-order valence-electron chi connectivity index (χ0n) is 13.8. The summed E-state index contributed by atoms with van der Waals surface area (Å²) < 4.78 is 16.4. The highest BCUT2D eigenvalue weighted by Crippen LogP contribution is 2.35. The van der Waals surface area contributed by atoms with Crippen molar-refractivity contribution in [3.63, 3.8) is 0 Å². The molecule has 1 atom stereocenters. The van der Waals surface area contributed by atoms with Crippen LogP contribution in [0, 0.1) is 0 Å². The summed E-state index contributed by atoms with van der Waals surface area (Å²) in [6, 6.07) is 7.84. The molecule has 2 aromatic rings. The minimum Gasteiger partial charge on any atom is -0.322 e. The molecule has 23 heavy (non-hydrogen) atoms. The van der Waals surface area contributed by atoms with Gasteiger partial charge in [-0.25, -0.2) is 13.9 Å². The fourth-order valence-electron chi connectivity index (χ4n) is 2.26. The van der Waals surface area contributed by atoms with E-state index < -0.39 is 11.0 Å². The van der Waals surface area contributed by atoms with Gasteiger partial charge in [0.15, 0.2) is 0 Å². The van der Waals surface area contributed by atoms with Gasteiger partial charge < -0.3 is 4.57 Å². The zero-order valence-corrected chi connectivity index (χ0v) is 16.2. The van der Waals surface area contributed by atoms with E-state index in [1.807, 2.05) is 24.3 Å². The Balaban J connectivity index is 2.40. The molecule has 0 bridgehead atoms. The Hall–Kier alpha value is -0.820. The lowest BCUT2D eigenvalue weighted by Gasteiger charge is -2.11. The van der Waals surface area contributed by atoms with Gasteiger partial charge in [0.25, 0.3) is 0 Å². The zero-order chi connectivity index (χ0) is 17.0. The maximum absolute atomic E-state index is 11.3. The molecule has 1 unspecified atom stereocenters. The third-order valence-electron chi connectivity index (χ3n) is 3.33. The summed E-state index contributed by atoms with van der Waals surface area (Å²) in [7, 11) is -1.05. The predicted octanol–water partition coefficient (Wildman–Crippen LogP) is 4.21. The van der Waals surface area contributed by atoms with Gasteiger partial charge in [-0.05, 0) is 31.0 Å². The van der Waals surface area contributed by atoms with Crippen LogP contribution >= 0.6 is 23.4 Å². The molecule has 0 saturated heterocycles. The molecular weight excluding hydrogens is 350 g/mol. The number of imidazole rings is 1. The molecule has 126 valence electrons. The number of hydrogen-bond donors (Lipinski definition) is 1. The minimum atomic E-state index is -1.05. The first kappa shape index (κ1) is 18.5. The van der Waals surface area contributed by atoms with E-state index in [4.69, 9.17) is 16.6 Å². The van der Waals surface area contributed by atoms with Crippen LogP contribution in [0.2, 0.25) is 5.02 Å². The lowest BCUT2D eigenvalue weighted by atomic mass is 10.1. The quantitative estimate of drug-likeness (QED) is 0.792. The molecule has 1 heterocycles. The Labute approximate surface area is 149 Å². The first-order chi connectivity index (χ1) is 10.9. The average Bonchev–Trinajstić information content (AvgIpc) is 2.83. The summed E-state index contributed by atoms with van der Waals surface area (Å²) in [5.41, 5.74) is 1.07. The number of nitrogens with one attached hydrogen (secondary N) is 1. The predicted molar refractivity (Wildman–Crippen MR) is 98.5 cm³/mol. The standard InChI is InChI=1S/C16H22ClN3OS2/c1-5-20-14(10-18-23(4)21)19-15(11(2)3)16(20)22-13-8-6-7-12(17)9-13/h6-9,11,18H,5,10H2,1-4H3. The fraction of sp³-hybridized carbons (Fsp3) is 0.438. The Kier molecular flexibility index (Phi) is 6.71. The molecule has 1 N–H and O–H groups in total. The molecule has 0 spiro atoms. The monoisotopic (exact) mass is 371 g/mol. The first-order valence-corrected chi connectivity index (χ1v) is 10.3. The van der Waals surface area contributed by atoms with Crippen molar-refractivity contribution >= 4 is 34.3 Å². The second-order valence-corrected chi connectivity index (χ2v) is 8.15. The largest absolute Gasteiger partial charge is 0.322 e. The van der Waals surface area contributed by atoms with E-state index in [1.54, 1.807) is 18.0 Å². The van der Waals surface area contributed by atoms with Gasteiger partial charge in [-0.3, -0.25) is 0 Å². The van der Waals surface area contributed by atoms with Crippen molar-refractivity contribution in [3.05, 3.63) is 40.8 Å². The molecule has 0 amide bonds. The molecule has 0 saturated carbocycles. The summed E-state index contributed by atoms with van der Waals surface area (Å²) in [6.07, 6.45) is 1.63. The first-order valence-electron chi connectivity index (χ1n) is 7.52. The van der Waals surface area contributed by atoms with Gasteiger partial charge in [-0.1, -0.05) is 43.3 Å². The molecule has 1 aromatic heterocycles. The van der Waals surface area contributed by atoms with Crippen molar-refractivity contribution in [2.45, 2.75) is 49.7 Å². The van der Waals surface area contributed by atoms with Crippen LogP contribution in [0.4, 0.5) is 0 Å². The van der Waals surface area contributed by atoms with E-state index in [1.165, 1.54) is 0 Å². The lowest BCUT2D eigenvalue weighted by Crippen LogP contribution is -2.18. The Morgan fingerprint density at radius 1 is 1.43 bits per heavy atom. The van der Waals surface area contributed by atoms with E-state index in [0.29, 0.717) is 12.5 Å². The van der Waals surface area contributed by atoms with Crippen LogP contribution in [0.15, 0.2) is 34.2 Å². The van der Waals surface area contributed by atoms with Gasteiger partial charge in [-0.15, -0.1) is 0 Å². The second-order valence-electron chi connectivity index (χ2n) is 5.45. The fourth-order valence-corrected chi connectivity index (χ4v) is 4.13. The normalized spacial score (nSPS) is 12.8. The van der Waals surface area contributed by atoms with Crippen LogP contribution in [0.3, 0.4) is 0 Å². The number of hydrogen-bond acceptors (Lipinski definition) is 3. The highest BCUT2D eigenvalue weighted by Gasteiger charge is 2.19. The Morgan fingerprint density at radius 2 is 2.17 bits per heavy atom. The van der Waals surface area contributed by atoms with Gasteiger partial charge in [0, 0.05) is 22.7 Å². The SMILES string of the molecule is CCn1c(CNS(C)=O)nc(C(C)C)c1Sc1cccc(Cl)c1. The third-order valence-corrected chi connectivity index (χ3v) is 5.23. The van der Waals surface area contributed by atoms with Gasteiger partial charge in [0.1, 0.15) is 10.9 Å². The van der Waals surface area contributed by atoms with Gasteiger partial charge in [0.05, 0.1) is 23.2 Å². The molecular formula is C16H22ClN3OS2. The van der Waals surface area contributed by atoms with E-state index in [0.717, 1.165) is 33.0 Å². The number of nitrogens with zero attached hydrogens (tertiary/aromatic N) is 2. The maximum atomic E-state index is 11.3. The molecule has 0 aliphatic heterocycles. The molecule has 0 radical (unpaired) electrons. The van der Waals surface area contributed by atoms with Gasteiger partial charge >= 0.3 is 0 Å². The summed E-state index contributed by atoms with van der Waals surface area (Å²) >= 11 is 7.77. The number of rotatable bonds is 7. The van der Waals surface area contributed by atoms with Crippen molar-refractivity contribution in [3.8, 4) is 0 Å². The number of benzene rings is 1. The van der Waals surface area contributed by atoms with E-state index in [-0.39, 0.29) is 0 Å². The molecule has 4 nitrogen and oxygen atoms in total. The van der Waals surface area contributed by atoms with E-state index >= 15 is 0 Å². The summed E-state index contributed by atoms with van der Waals surface area (Å²) in [4.78, 5) is 5.87. The van der Waals surface area contributed by atoms with Crippen LogP contribution in [-0.4, -0.2) is 20.0 Å². The van der Waals surface area contributed by atoms with Gasteiger partial charge in [0.2, 0.25) is 0 Å². The maximum Gasteiger partial charge on any atom is 0.124 e. The van der Waals surface area contributed by atoms with Crippen LogP contribution in [0.25, 0.3) is 0 Å². The van der Waals surface area contributed by atoms with E-state index in [2.05, 4.69) is 30.1 Å². The van der Waals surface area contributed by atoms with Crippen molar-refractivity contribution in [2.24, 2.45) is 0 Å². The van der Waals surface area contributed by atoms with Crippen LogP contribution in [0.5, 0.6) is 0 Å². The highest BCUT2D eigenvalue weighted by molar-refractivity contribution is 7.99. The molecule has 0 aliphatic rings. The Morgan fingerprint density at radius 3 is 2.74 bits per heavy atom. The minimum absolute atomic E-state index is 0.315. The van der Waals surface area contributed by atoms with Crippen LogP contribution < -0.4 is 4.72 Å². The summed E-state index contributed by atoms with van der Waals surface area (Å²) in [5.74, 6) is 1.23. The van der Waals surface area contributed by atoms with Crippen LogP contribution in [0.1, 0.15) is 38.2 Å². The Bertz CT molecular complexity index is 701. The van der Waals surface area contributed by atoms with Crippen LogP contribution in [-0.2, 0) is 24.1 Å². The smallest absolute Gasteiger partial charge is 0.124 e. The molecule has 0 fully saturated rings. The summed E-state index contributed by atoms with van der Waals surface area (Å²) in [6.45, 7) is 7.68. The molecule has 1 aromatic carbocycles. The van der Waals surface area contributed by atoms with Crippen molar-refractivity contribution < 1.29 is 4.21 Å². The third kappa shape index (κ3) is 4.83. The summed E-state index contributed by atoms with van der Waals surface area (Å²) in [5, 5.41) is 1.86. The average molecular weight is 372 g/mol. The van der Waals surface area contributed by atoms with E-state index in [9.17, 15) is 4.21 Å². The van der Waals surface area contributed by atoms with Crippen molar-refractivity contribution in [1.29, 1.82) is 0 Å². The van der Waals surface area contributed by atoms with Crippen molar-refractivity contribution in [1.82, 2.24) is 14.3 Å². The second kappa shape index (κ2) is 8.33. The number of halogens is 1. The molecule has 0 aliphatic carbocycles. The van der Waals surface area contributed by atoms with Crippen molar-refractivity contribution in [2.75, 3.05) is 6.26 Å². The molecule has 2 rings (SSSR count). The molecule has 7 heteroatoms. The van der Waals surface area contributed by atoms with Gasteiger partial charge in [-0.2, -0.15) is 0 Å². The highest BCUT2D eigenvalue weighted by atomic mass is 35.5. The number of aromatic nitrogens is 2. The topological polar surface area (TPSA) is 46.9 Å². The lowest BCUT2D eigenvalue weighted by molar-refractivity contribution is 0.629.